The molecule has 4 N–H and O–H groups in total. The first-order chi connectivity index (χ1) is 9.31. The molecule has 6 nitrogen and oxygen atoms in total. The van der Waals surface area contributed by atoms with Crippen LogP contribution in [0.5, 0.6) is 0 Å². The first kappa shape index (κ1) is 13.0. The average molecular weight is 257 g/mol. The van der Waals surface area contributed by atoms with Gasteiger partial charge in [0, 0.05) is 25.1 Å². The van der Waals surface area contributed by atoms with E-state index in [0.717, 1.165) is 12.0 Å². The Balaban J connectivity index is 1.91. The normalized spacial score (nSPS) is 9.95. The summed E-state index contributed by atoms with van der Waals surface area (Å²) in [6, 6.07) is 7.20. The molecular formula is C13H15N5O. The summed E-state index contributed by atoms with van der Waals surface area (Å²) >= 11 is 0. The number of hydrazine groups is 1. The van der Waals surface area contributed by atoms with Gasteiger partial charge in [-0.05, 0) is 30.2 Å². The second kappa shape index (κ2) is 6.46. The first-order valence-corrected chi connectivity index (χ1v) is 5.90. The smallest absolute Gasteiger partial charge is 0.255 e. The molecule has 0 saturated heterocycles. The highest BCUT2D eigenvalue weighted by Gasteiger charge is 2.10. The van der Waals surface area contributed by atoms with E-state index >= 15 is 0 Å². The van der Waals surface area contributed by atoms with Crippen LogP contribution in [0.25, 0.3) is 0 Å². The maximum Gasteiger partial charge on any atom is 0.255 e. The number of nitrogens with two attached hydrogens (primary N) is 1. The fraction of sp³-hybridized carbons (Fsp3) is 0.154. The third-order valence-corrected chi connectivity index (χ3v) is 2.61. The van der Waals surface area contributed by atoms with E-state index in [1.54, 1.807) is 30.7 Å². The predicted octanol–water partition coefficient (Wildman–Crippen LogP) is 0.735. The van der Waals surface area contributed by atoms with Crippen molar-refractivity contribution in [1.82, 2.24) is 15.3 Å². The fourth-order valence-electron chi connectivity index (χ4n) is 1.67. The summed E-state index contributed by atoms with van der Waals surface area (Å²) in [4.78, 5) is 19.9. The summed E-state index contributed by atoms with van der Waals surface area (Å²) in [5.74, 6) is 5.47. The molecule has 2 aromatic rings. The van der Waals surface area contributed by atoms with Crippen molar-refractivity contribution >= 4 is 11.7 Å². The van der Waals surface area contributed by atoms with Crippen LogP contribution in [0.15, 0.2) is 42.9 Å². The Morgan fingerprint density at radius 1 is 1.26 bits per heavy atom. The highest BCUT2D eigenvalue weighted by Crippen LogP contribution is 2.09. The number of pyridine rings is 2. The molecule has 0 radical (unpaired) electrons. The number of nitrogens with zero attached hydrogens (tertiary/aromatic N) is 2. The Bertz CT molecular complexity index is 544. The van der Waals surface area contributed by atoms with Crippen molar-refractivity contribution in [2.24, 2.45) is 5.84 Å². The third kappa shape index (κ3) is 3.49. The molecule has 0 bridgehead atoms. The number of amides is 1. The summed E-state index contributed by atoms with van der Waals surface area (Å²) in [6.45, 7) is 0.531. The summed E-state index contributed by atoms with van der Waals surface area (Å²) in [6.07, 6.45) is 5.80. The van der Waals surface area contributed by atoms with Gasteiger partial charge in [-0.1, -0.05) is 6.07 Å². The van der Waals surface area contributed by atoms with Gasteiger partial charge >= 0.3 is 0 Å². The van der Waals surface area contributed by atoms with Crippen molar-refractivity contribution in [3.05, 3.63) is 54.0 Å². The molecule has 6 heteroatoms. The largest absolute Gasteiger partial charge is 0.352 e. The van der Waals surface area contributed by atoms with E-state index in [1.807, 2.05) is 12.1 Å². The van der Waals surface area contributed by atoms with E-state index < -0.39 is 0 Å². The van der Waals surface area contributed by atoms with Gasteiger partial charge in [-0.2, -0.15) is 0 Å². The zero-order valence-electron chi connectivity index (χ0n) is 10.3. The number of nitrogen functional groups attached to an aromatic ring is 1. The third-order valence-electron chi connectivity index (χ3n) is 2.61. The zero-order valence-corrected chi connectivity index (χ0v) is 10.3. The highest BCUT2D eigenvalue weighted by molar-refractivity contribution is 5.98. The van der Waals surface area contributed by atoms with Crippen LogP contribution in [-0.2, 0) is 6.42 Å². The Morgan fingerprint density at radius 3 is 2.84 bits per heavy atom. The van der Waals surface area contributed by atoms with Crippen molar-refractivity contribution in [3.8, 4) is 0 Å². The molecule has 0 aliphatic rings. The van der Waals surface area contributed by atoms with Gasteiger partial charge in [-0.25, -0.2) is 10.8 Å². The van der Waals surface area contributed by atoms with Crippen LogP contribution in [0.1, 0.15) is 15.9 Å². The van der Waals surface area contributed by atoms with Gasteiger partial charge in [0.1, 0.15) is 0 Å². The predicted molar refractivity (Wildman–Crippen MR) is 72.3 cm³/mol. The number of carbonyl (C=O) groups is 1. The molecule has 0 atom stereocenters. The van der Waals surface area contributed by atoms with Gasteiger partial charge in [-0.15, -0.1) is 0 Å². The molecule has 0 aliphatic carbocycles. The maximum atomic E-state index is 12.0. The van der Waals surface area contributed by atoms with Gasteiger partial charge in [0.15, 0.2) is 5.82 Å². The van der Waals surface area contributed by atoms with Crippen molar-refractivity contribution < 1.29 is 4.79 Å². The van der Waals surface area contributed by atoms with Gasteiger partial charge in [0.25, 0.3) is 5.91 Å². The van der Waals surface area contributed by atoms with E-state index in [4.69, 9.17) is 5.84 Å². The topological polar surface area (TPSA) is 92.9 Å². The second-order valence-electron chi connectivity index (χ2n) is 3.91. The Kier molecular flexibility index (Phi) is 4.41. The molecule has 19 heavy (non-hydrogen) atoms. The monoisotopic (exact) mass is 257 g/mol. The van der Waals surface area contributed by atoms with Crippen LogP contribution in [0.4, 0.5) is 5.82 Å². The van der Waals surface area contributed by atoms with Gasteiger partial charge < -0.3 is 10.7 Å². The quantitative estimate of drug-likeness (QED) is 0.542. The molecule has 0 fully saturated rings. The van der Waals surface area contributed by atoms with E-state index in [1.165, 1.54) is 0 Å². The lowest BCUT2D eigenvalue weighted by atomic mass is 10.2. The van der Waals surface area contributed by atoms with Crippen molar-refractivity contribution in [1.29, 1.82) is 0 Å². The zero-order chi connectivity index (χ0) is 13.5. The van der Waals surface area contributed by atoms with Gasteiger partial charge in [-0.3, -0.25) is 9.78 Å². The molecule has 0 unspecified atom stereocenters. The SMILES string of the molecule is NNc1ncccc1C(=O)NCCc1cccnc1. The van der Waals surface area contributed by atoms with Crippen LogP contribution in [0.3, 0.4) is 0 Å². The van der Waals surface area contributed by atoms with Gasteiger partial charge in [0.05, 0.1) is 5.56 Å². The minimum absolute atomic E-state index is 0.204. The number of anilines is 1. The second-order valence-corrected chi connectivity index (χ2v) is 3.91. The molecule has 0 aliphatic heterocycles. The van der Waals surface area contributed by atoms with Gasteiger partial charge in [0.2, 0.25) is 0 Å². The Hall–Kier alpha value is -2.47. The van der Waals surface area contributed by atoms with E-state index in [9.17, 15) is 4.79 Å². The van der Waals surface area contributed by atoms with E-state index in [-0.39, 0.29) is 5.91 Å². The standard InChI is InChI=1S/C13H15N5O/c14-18-12-11(4-2-7-16-12)13(19)17-8-5-10-3-1-6-15-9-10/h1-4,6-7,9H,5,8,14H2,(H,16,18)(H,17,19). The molecule has 98 valence electrons. The Morgan fingerprint density at radius 2 is 2.11 bits per heavy atom. The van der Waals surface area contributed by atoms with Crippen LogP contribution in [0, 0.1) is 0 Å². The fourth-order valence-corrected chi connectivity index (χ4v) is 1.67. The maximum absolute atomic E-state index is 12.0. The Labute approximate surface area is 111 Å². The lowest BCUT2D eigenvalue weighted by molar-refractivity contribution is 0.0954. The lowest BCUT2D eigenvalue weighted by Crippen LogP contribution is -2.27. The first-order valence-electron chi connectivity index (χ1n) is 5.90. The van der Waals surface area contributed by atoms with Crippen LogP contribution in [0.2, 0.25) is 0 Å². The summed E-state index contributed by atoms with van der Waals surface area (Å²) in [5.41, 5.74) is 3.90. The molecule has 0 aromatic carbocycles. The number of aromatic nitrogens is 2. The summed E-state index contributed by atoms with van der Waals surface area (Å²) in [7, 11) is 0. The molecule has 2 aromatic heterocycles. The van der Waals surface area contributed by atoms with Crippen molar-refractivity contribution in [2.45, 2.75) is 6.42 Å². The number of hydrogen-bond acceptors (Lipinski definition) is 5. The number of carbonyl (C=O) groups excluding carboxylic acids is 1. The summed E-state index contributed by atoms with van der Waals surface area (Å²) in [5, 5.41) is 2.82. The highest BCUT2D eigenvalue weighted by atomic mass is 16.1. The van der Waals surface area contributed by atoms with E-state index in [2.05, 4.69) is 20.7 Å². The lowest BCUT2D eigenvalue weighted by Gasteiger charge is -2.08. The molecule has 0 saturated carbocycles. The van der Waals surface area contributed by atoms with Crippen LogP contribution < -0.4 is 16.6 Å². The molecule has 2 rings (SSSR count). The summed E-state index contributed by atoms with van der Waals surface area (Å²) < 4.78 is 0. The van der Waals surface area contributed by atoms with Crippen molar-refractivity contribution in [3.63, 3.8) is 0 Å². The molecule has 0 spiro atoms. The number of hydrogen-bond donors (Lipinski definition) is 3. The van der Waals surface area contributed by atoms with Crippen LogP contribution in [-0.4, -0.2) is 22.4 Å². The molecule has 1 amide bonds. The number of nitrogens with one attached hydrogen (secondary N) is 2. The van der Waals surface area contributed by atoms with E-state index in [0.29, 0.717) is 17.9 Å². The average Bonchev–Trinajstić information content (AvgIpc) is 2.48. The minimum Gasteiger partial charge on any atom is -0.352 e. The molecule has 2 heterocycles. The number of rotatable bonds is 5. The van der Waals surface area contributed by atoms with Crippen LogP contribution >= 0.6 is 0 Å². The minimum atomic E-state index is -0.204. The van der Waals surface area contributed by atoms with Crippen molar-refractivity contribution in [2.75, 3.05) is 12.0 Å². The molecular weight excluding hydrogens is 242 g/mol.